The van der Waals surface area contributed by atoms with Crippen LogP contribution in [0.2, 0.25) is 0 Å². The van der Waals surface area contributed by atoms with Gasteiger partial charge in [-0.15, -0.1) is 0 Å². The molecule has 0 unspecified atom stereocenters. The molecule has 0 spiro atoms. The Labute approximate surface area is 125 Å². The standard InChI is InChI=1S/C18H20FNO/c1-3-12-21-18-7-5-4-6-16(18)13-20-14(2)15-8-10-17(19)11-9-15/h3-11,14,20H,1,12-13H2,2H3/t14-/m0/s1. The highest BCUT2D eigenvalue weighted by atomic mass is 19.1. The molecule has 2 rings (SSSR count). The molecule has 0 aliphatic carbocycles. The lowest BCUT2D eigenvalue weighted by Gasteiger charge is -2.16. The van der Waals surface area contributed by atoms with Crippen LogP contribution in [-0.4, -0.2) is 6.61 Å². The number of rotatable bonds is 7. The molecule has 0 bridgehead atoms. The minimum absolute atomic E-state index is 0.137. The summed E-state index contributed by atoms with van der Waals surface area (Å²) in [6, 6.07) is 14.6. The van der Waals surface area contributed by atoms with Crippen LogP contribution < -0.4 is 10.1 Å². The highest BCUT2D eigenvalue weighted by Gasteiger charge is 2.07. The SMILES string of the molecule is C=CCOc1ccccc1CN[C@@H](C)c1ccc(F)cc1. The van der Waals surface area contributed by atoms with E-state index >= 15 is 0 Å². The zero-order valence-electron chi connectivity index (χ0n) is 12.2. The molecule has 0 fully saturated rings. The third-order valence-electron chi connectivity index (χ3n) is 3.30. The molecule has 0 aliphatic rings. The van der Waals surface area contributed by atoms with Crippen molar-refractivity contribution in [3.05, 3.63) is 78.1 Å². The van der Waals surface area contributed by atoms with Crippen LogP contribution in [0.15, 0.2) is 61.2 Å². The largest absolute Gasteiger partial charge is 0.489 e. The summed E-state index contributed by atoms with van der Waals surface area (Å²) in [7, 11) is 0. The minimum atomic E-state index is -0.214. The van der Waals surface area contributed by atoms with Crippen LogP contribution in [0.5, 0.6) is 5.75 Å². The van der Waals surface area contributed by atoms with Crippen molar-refractivity contribution in [2.45, 2.75) is 19.5 Å². The number of hydrogen-bond donors (Lipinski definition) is 1. The van der Waals surface area contributed by atoms with Crippen LogP contribution in [-0.2, 0) is 6.54 Å². The van der Waals surface area contributed by atoms with Crippen LogP contribution >= 0.6 is 0 Å². The Bertz CT molecular complexity index is 580. The number of hydrogen-bond acceptors (Lipinski definition) is 2. The van der Waals surface area contributed by atoms with Crippen molar-refractivity contribution in [1.29, 1.82) is 0 Å². The Morgan fingerprint density at radius 1 is 1.19 bits per heavy atom. The second-order valence-corrected chi connectivity index (χ2v) is 4.86. The lowest BCUT2D eigenvalue weighted by molar-refractivity contribution is 0.357. The molecular weight excluding hydrogens is 265 g/mol. The lowest BCUT2D eigenvalue weighted by Crippen LogP contribution is -2.18. The number of ether oxygens (including phenoxy) is 1. The monoisotopic (exact) mass is 285 g/mol. The second-order valence-electron chi connectivity index (χ2n) is 4.86. The van der Waals surface area contributed by atoms with Crippen molar-refractivity contribution in [2.75, 3.05) is 6.61 Å². The summed E-state index contributed by atoms with van der Waals surface area (Å²) in [5.74, 6) is 0.644. The predicted octanol–water partition coefficient (Wildman–Crippen LogP) is 4.24. The summed E-state index contributed by atoms with van der Waals surface area (Å²) in [5, 5.41) is 3.42. The summed E-state index contributed by atoms with van der Waals surface area (Å²) in [6.07, 6.45) is 1.73. The first kappa shape index (κ1) is 15.3. The van der Waals surface area contributed by atoms with Gasteiger partial charge in [-0.1, -0.05) is 43.0 Å². The molecule has 3 heteroatoms. The zero-order valence-corrected chi connectivity index (χ0v) is 12.2. The van der Waals surface area contributed by atoms with Crippen molar-refractivity contribution >= 4 is 0 Å². The van der Waals surface area contributed by atoms with Gasteiger partial charge in [-0.3, -0.25) is 0 Å². The van der Waals surface area contributed by atoms with Gasteiger partial charge in [-0.05, 0) is 30.7 Å². The van der Waals surface area contributed by atoms with E-state index in [2.05, 4.69) is 18.8 Å². The summed E-state index contributed by atoms with van der Waals surface area (Å²) >= 11 is 0. The molecule has 1 N–H and O–H groups in total. The van der Waals surface area contributed by atoms with Gasteiger partial charge >= 0.3 is 0 Å². The molecule has 21 heavy (non-hydrogen) atoms. The van der Waals surface area contributed by atoms with Crippen molar-refractivity contribution < 1.29 is 9.13 Å². The van der Waals surface area contributed by atoms with Crippen LogP contribution in [0, 0.1) is 5.82 Å². The van der Waals surface area contributed by atoms with Gasteiger partial charge in [0, 0.05) is 18.2 Å². The molecule has 2 aromatic rings. The Morgan fingerprint density at radius 3 is 2.62 bits per heavy atom. The van der Waals surface area contributed by atoms with Crippen molar-refractivity contribution in [1.82, 2.24) is 5.32 Å². The molecule has 2 aromatic carbocycles. The zero-order chi connectivity index (χ0) is 15.1. The molecule has 0 heterocycles. The van der Waals surface area contributed by atoms with Gasteiger partial charge < -0.3 is 10.1 Å². The van der Waals surface area contributed by atoms with Crippen LogP contribution in [0.3, 0.4) is 0 Å². The normalized spacial score (nSPS) is 11.9. The number of nitrogens with one attached hydrogen (secondary N) is 1. The van der Waals surface area contributed by atoms with Gasteiger partial charge in [0.05, 0.1) is 0 Å². The Morgan fingerprint density at radius 2 is 1.90 bits per heavy atom. The maximum Gasteiger partial charge on any atom is 0.124 e. The number of halogens is 1. The fourth-order valence-corrected chi connectivity index (χ4v) is 2.07. The summed E-state index contributed by atoms with van der Waals surface area (Å²) < 4.78 is 18.6. The quantitative estimate of drug-likeness (QED) is 0.768. The highest BCUT2D eigenvalue weighted by molar-refractivity contribution is 5.33. The third-order valence-corrected chi connectivity index (χ3v) is 3.30. The fourth-order valence-electron chi connectivity index (χ4n) is 2.07. The van der Waals surface area contributed by atoms with E-state index in [4.69, 9.17) is 4.74 Å². The topological polar surface area (TPSA) is 21.3 Å². The fraction of sp³-hybridized carbons (Fsp3) is 0.222. The molecule has 2 nitrogen and oxygen atoms in total. The van der Waals surface area contributed by atoms with Gasteiger partial charge in [0.25, 0.3) is 0 Å². The molecule has 0 saturated carbocycles. The third kappa shape index (κ3) is 4.43. The van der Waals surface area contributed by atoms with Crippen LogP contribution in [0.4, 0.5) is 4.39 Å². The van der Waals surface area contributed by atoms with Gasteiger partial charge in [-0.25, -0.2) is 4.39 Å². The summed E-state index contributed by atoms with van der Waals surface area (Å²) in [6.45, 7) is 6.89. The summed E-state index contributed by atoms with van der Waals surface area (Å²) in [5.41, 5.74) is 2.15. The molecule has 1 atom stereocenters. The first-order chi connectivity index (χ1) is 10.2. The summed E-state index contributed by atoms with van der Waals surface area (Å²) in [4.78, 5) is 0. The van der Waals surface area contributed by atoms with E-state index in [1.54, 1.807) is 18.2 Å². The number of benzene rings is 2. The van der Waals surface area contributed by atoms with Crippen molar-refractivity contribution in [2.24, 2.45) is 0 Å². The van der Waals surface area contributed by atoms with E-state index in [1.165, 1.54) is 12.1 Å². The van der Waals surface area contributed by atoms with Crippen LogP contribution in [0.25, 0.3) is 0 Å². The van der Waals surface area contributed by atoms with E-state index in [9.17, 15) is 4.39 Å². The average molecular weight is 285 g/mol. The Kier molecular flexibility index (Phi) is 5.52. The van der Waals surface area contributed by atoms with E-state index in [1.807, 2.05) is 24.3 Å². The average Bonchev–Trinajstić information content (AvgIpc) is 2.52. The molecule has 0 radical (unpaired) electrons. The van der Waals surface area contributed by atoms with E-state index in [0.29, 0.717) is 13.2 Å². The highest BCUT2D eigenvalue weighted by Crippen LogP contribution is 2.20. The molecule has 0 saturated heterocycles. The van der Waals surface area contributed by atoms with Gasteiger partial charge in [0.15, 0.2) is 0 Å². The van der Waals surface area contributed by atoms with Crippen molar-refractivity contribution in [3.63, 3.8) is 0 Å². The van der Waals surface area contributed by atoms with E-state index < -0.39 is 0 Å². The predicted molar refractivity (Wildman–Crippen MR) is 83.8 cm³/mol. The minimum Gasteiger partial charge on any atom is -0.489 e. The molecular formula is C18H20FNO. The second kappa shape index (κ2) is 7.60. The smallest absolute Gasteiger partial charge is 0.124 e. The molecule has 110 valence electrons. The Balaban J connectivity index is 1.99. The molecule has 0 aliphatic heterocycles. The van der Waals surface area contributed by atoms with Gasteiger partial charge in [0.1, 0.15) is 18.2 Å². The van der Waals surface area contributed by atoms with Gasteiger partial charge in [-0.2, -0.15) is 0 Å². The van der Waals surface area contributed by atoms with E-state index in [-0.39, 0.29) is 11.9 Å². The van der Waals surface area contributed by atoms with Crippen LogP contribution in [0.1, 0.15) is 24.1 Å². The number of para-hydroxylation sites is 1. The van der Waals surface area contributed by atoms with Gasteiger partial charge in [0.2, 0.25) is 0 Å². The molecule has 0 aromatic heterocycles. The maximum atomic E-state index is 12.9. The van der Waals surface area contributed by atoms with Crippen molar-refractivity contribution in [3.8, 4) is 5.75 Å². The Hall–Kier alpha value is -2.13. The first-order valence-corrected chi connectivity index (χ1v) is 7.01. The first-order valence-electron chi connectivity index (χ1n) is 7.01. The maximum absolute atomic E-state index is 12.9. The van der Waals surface area contributed by atoms with E-state index in [0.717, 1.165) is 16.9 Å². The lowest BCUT2D eigenvalue weighted by atomic mass is 10.1. The molecule has 0 amide bonds.